The first kappa shape index (κ1) is 22.0. The minimum atomic E-state index is -4.50. The second-order valence-electron chi connectivity index (χ2n) is 6.45. The van der Waals surface area contributed by atoms with Crippen LogP contribution in [0, 0.1) is 5.92 Å². The fraction of sp³-hybridized carbons (Fsp3) is 0.444. The average Bonchev–Trinajstić information content (AvgIpc) is 3.24. The molecule has 0 spiro atoms. The fourth-order valence-electron chi connectivity index (χ4n) is 3.25. The van der Waals surface area contributed by atoms with Gasteiger partial charge in [0, 0.05) is 32.3 Å². The van der Waals surface area contributed by atoms with E-state index in [1.807, 2.05) is 6.20 Å². The highest BCUT2D eigenvalue weighted by Crippen LogP contribution is 2.36. The molecular weight excluding hydrogens is 397 g/mol. The second kappa shape index (κ2) is 8.83. The second-order valence-corrected chi connectivity index (χ2v) is 6.45. The van der Waals surface area contributed by atoms with Gasteiger partial charge < -0.3 is 15.4 Å². The molecule has 2 N–H and O–H groups in total. The Kier molecular flexibility index (Phi) is 6.95. The molecule has 1 amide bonds. The van der Waals surface area contributed by atoms with E-state index in [9.17, 15) is 18.0 Å². The lowest BCUT2D eigenvalue weighted by atomic mass is 9.90. The number of benzene rings is 1. The summed E-state index contributed by atoms with van der Waals surface area (Å²) in [6.07, 6.45) is -0.959. The van der Waals surface area contributed by atoms with E-state index < -0.39 is 17.7 Å². The standard InChI is InChI=1S/C18H21F3N4O2.ClH/c1-3-27-16-5-4-12(18(19,20)21)6-15(16)24-17(26)14-9-22-8-13(14)11-7-23-25(2)10-11;/h4-7,10,13-14,22H,3,8-9H2,1-2H3,(H,24,26);1H/t13-,14+;/m1./s1. The minimum absolute atomic E-state index is 0. The summed E-state index contributed by atoms with van der Waals surface area (Å²) in [7, 11) is 1.79. The Labute approximate surface area is 166 Å². The molecule has 1 fully saturated rings. The maximum absolute atomic E-state index is 13.0. The first-order valence-corrected chi connectivity index (χ1v) is 8.63. The highest BCUT2D eigenvalue weighted by atomic mass is 35.5. The summed E-state index contributed by atoms with van der Waals surface area (Å²) in [5.74, 6) is -0.657. The number of aryl methyl sites for hydroxylation is 1. The van der Waals surface area contributed by atoms with E-state index in [-0.39, 0.29) is 42.3 Å². The van der Waals surface area contributed by atoms with Crippen LogP contribution >= 0.6 is 12.4 Å². The third kappa shape index (κ3) is 4.77. The number of ether oxygens (including phenoxy) is 1. The van der Waals surface area contributed by atoms with E-state index in [4.69, 9.17) is 4.74 Å². The van der Waals surface area contributed by atoms with Crippen LogP contribution in [0.1, 0.15) is 24.0 Å². The Hall–Kier alpha value is -2.26. The maximum atomic E-state index is 13.0. The van der Waals surface area contributed by atoms with Crippen LogP contribution in [0.3, 0.4) is 0 Å². The Morgan fingerprint density at radius 1 is 1.39 bits per heavy atom. The van der Waals surface area contributed by atoms with Crippen LogP contribution in [0.4, 0.5) is 18.9 Å². The summed E-state index contributed by atoms with van der Waals surface area (Å²) >= 11 is 0. The first-order chi connectivity index (χ1) is 12.8. The third-order valence-corrected chi connectivity index (χ3v) is 4.57. The molecule has 3 rings (SSSR count). The molecule has 1 aliphatic heterocycles. The molecule has 28 heavy (non-hydrogen) atoms. The molecule has 1 aliphatic rings. The van der Waals surface area contributed by atoms with Crippen molar-refractivity contribution in [3.63, 3.8) is 0 Å². The topological polar surface area (TPSA) is 68.2 Å². The average molecular weight is 419 g/mol. The molecule has 0 bridgehead atoms. The van der Waals surface area contributed by atoms with E-state index in [2.05, 4.69) is 15.7 Å². The van der Waals surface area contributed by atoms with Gasteiger partial charge in [0.05, 0.1) is 30.0 Å². The molecule has 2 heterocycles. The predicted molar refractivity (Wildman–Crippen MR) is 101 cm³/mol. The lowest BCUT2D eigenvalue weighted by molar-refractivity contribution is -0.137. The molecule has 1 aromatic heterocycles. The lowest BCUT2D eigenvalue weighted by Gasteiger charge is -2.19. The minimum Gasteiger partial charge on any atom is -0.492 e. The summed E-state index contributed by atoms with van der Waals surface area (Å²) in [6, 6.07) is 3.08. The van der Waals surface area contributed by atoms with Crippen molar-refractivity contribution in [3.8, 4) is 5.75 Å². The van der Waals surface area contributed by atoms with E-state index in [1.54, 1.807) is 24.9 Å². The van der Waals surface area contributed by atoms with Gasteiger partial charge >= 0.3 is 6.18 Å². The predicted octanol–water partition coefficient (Wildman–Crippen LogP) is 3.20. The van der Waals surface area contributed by atoms with Gasteiger partial charge in [-0.05, 0) is 30.7 Å². The Bertz CT molecular complexity index is 825. The summed E-state index contributed by atoms with van der Waals surface area (Å²) < 4.78 is 46.1. The fourth-order valence-corrected chi connectivity index (χ4v) is 3.25. The summed E-state index contributed by atoms with van der Waals surface area (Å²) in [5.41, 5.74) is 0.0971. The third-order valence-electron chi connectivity index (χ3n) is 4.57. The molecule has 1 saturated heterocycles. The first-order valence-electron chi connectivity index (χ1n) is 8.63. The number of hydrogen-bond acceptors (Lipinski definition) is 4. The van der Waals surface area contributed by atoms with Gasteiger partial charge in [0.2, 0.25) is 5.91 Å². The van der Waals surface area contributed by atoms with Crippen molar-refractivity contribution in [1.29, 1.82) is 0 Å². The number of nitrogens with zero attached hydrogens (tertiary/aromatic N) is 2. The number of carbonyl (C=O) groups excluding carboxylic acids is 1. The summed E-state index contributed by atoms with van der Waals surface area (Å²) in [5, 5.41) is 9.92. The van der Waals surface area contributed by atoms with Crippen molar-refractivity contribution >= 4 is 24.0 Å². The van der Waals surface area contributed by atoms with Gasteiger partial charge in [0.25, 0.3) is 0 Å². The maximum Gasteiger partial charge on any atom is 0.416 e. The van der Waals surface area contributed by atoms with Crippen LogP contribution in [-0.2, 0) is 18.0 Å². The van der Waals surface area contributed by atoms with Crippen molar-refractivity contribution in [2.75, 3.05) is 25.0 Å². The molecule has 10 heteroatoms. The quantitative estimate of drug-likeness (QED) is 0.782. The molecule has 0 radical (unpaired) electrons. The van der Waals surface area contributed by atoms with Crippen LogP contribution < -0.4 is 15.4 Å². The number of hydrogen-bond donors (Lipinski definition) is 2. The van der Waals surface area contributed by atoms with Crippen LogP contribution in [0.25, 0.3) is 0 Å². The molecule has 0 aliphatic carbocycles. The van der Waals surface area contributed by atoms with Gasteiger partial charge in [0.15, 0.2) is 0 Å². The van der Waals surface area contributed by atoms with Gasteiger partial charge in [0.1, 0.15) is 5.75 Å². The van der Waals surface area contributed by atoms with Gasteiger partial charge in [-0.15, -0.1) is 12.4 Å². The molecule has 6 nitrogen and oxygen atoms in total. The number of carbonyl (C=O) groups is 1. The normalized spacial score (nSPS) is 19.2. The molecule has 2 aromatic rings. The van der Waals surface area contributed by atoms with E-state index in [0.717, 1.165) is 17.7 Å². The van der Waals surface area contributed by atoms with Gasteiger partial charge in [-0.25, -0.2) is 0 Å². The van der Waals surface area contributed by atoms with Crippen molar-refractivity contribution in [1.82, 2.24) is 15.1 Å². The van der Waals surface area contributed by atoms with Crippen LogP contribution in [0.5, 0.6) is 5.75 Å². The van der Waals surface area contributed by atoms with Crippen molar-refractivity contribution in [2.24, 2.45) is 13.0 Å². The molecule has 1 aromatic carbocycles. The largest absolute Gasteiger partial charge is 0.492 e. The zero-order chi connectivity index (χ0) is 19.6. The number of nitrogens with one attached hydrogen (secondary N) is 2. The smallest absolute Gasteiger partial charge is 0.416 e. The SMILES string of the molecule is CCOc1ccc(C(F)(F)F)cc1NC(=O)[C@H]1CNC[C@@H]1c1cnn(C)c1.Cl. The molecule has 0 saturated carbocycles. The van der Waals surface area contributed by atoms with E-state index in [1.165, 1.54) is 6.07 Å². The Morgan fingerprint density at radius 2 is 2.14 bits per heavy atom. The summed E-state index contributed by atoms with van der Waals surface area (Å²) in [6.45, 7) is 3.04. The van der Waals surface area contributed by atoms with Crippen molar-refractivity contribution in [3.05, 3.63) is 41.7 Å². The van der Waals surface area contributed by atoms with Gasteiger partial charge in [-0.1, -0.05) is 0 Å². The van der Waals surface area contributed by atoms with Crippen LogP contribution in [0.15, 0.2) is 30.6 Å². The monoisotopic (exact) mass is 418 g/mol. The van der Waals surface area contributed by atoms with E-state index >= 15 is 0 Å². The molecule has 2 atom stereocenters. The zero-order valence-corrected chi connectivity index (χ0v) is 16.2. The Balaban J connectivity index is 0.00000280. The number of rotatable bonds is 5. The zero-order valence-electron chi connectivity index (χ0n) is 15.4. The number of alkyl halides is 3. The van der Waals surface area contributed by atoms with Gasteiger partial charge in [-0.2, -0.15) is 18.3 Å². The number of aromatic nitrogens is 2. The van der Waals surface area contributed by atoms with Crippen LogP contribution in [0.2, 0.25) is 0 Å². The number of anilines is 1. The number of amides is 1. The lowest BCUT2D eigenvalue weighted by Crippen LogP contribution is -2.28. The molecule has 0 unspecified atom stereocenters. The van der Waals surface area contributed by atoms with Gasteiger partial charge in [-0.3, -0.25) is 9.48 Å². The van der Waals surface area contributed by atoms with Crippen molar-refractivity contribution in [2.45, 2.75) is 19.0 Å². The van der Waals surface area contributed by atoms with Crippen LogP contribution in [-0.4, -0.2) is 35.4 Å². The highest BCUT2D eigenvalue weighted by Gasteiger charge is 2.36. The molecule has 154 valence electrons. The number of halogens is 4. The Morgan fingerprint density at radius 3 is 2.75 bits per heavy atom. The molecular formula is C18H22ClF3N4O2. The van der Waals surface area contributed by atoms with E-state index in [0.29, 0.717) is 13.1 Å². The highest BCUT2D eigenvalue weighted by molar-refractivity contribution is 5.95. The summed E-state index contributed by atoms with van der Waals surface area (Å²) in [4.78, 5) is 12.8. The van der Waals surface area contributed by atoms with Crippen molar-refractivity contribution < 1.29 is 22.7 Å².